The molecule has 2 fully saturated rings. The zero-order valence-corrected chi connectivity index (χ0v) is 28.5. The molecule has 5 N–H and O–H groups in total. The first-order valence-electron chi connectivity index (χ1n) is 16.9. The molecule has 0 unspecified atom stereocenters. The Bertz CT molecular complexity index is 1800. The van der Waals surface area contributed by atoms with E-state index in [1.165, 1.54) is 12.1 Å². The number of pyridine rings is 2. The number of benzene rings is 1. The summed E-state index contributed by atoms with van der Waals surface area (Å²) in [5, 5.41) is 31.1. The zero-order valence-electron chi connectivity index (χ0n) is 27.8. The van der Waals surface area contributed by atoms with Gasteiger partial charge in [0.25, 0.3) is 5.91 Å². The van der Waals surface area contributed by atoms with Crippen LogP contribution in [0.2, 0.25) is 5.02 Å². The SMILES string of the molecule is O=C(c1cccc(Cl)c1F)N1CCC(O)(Cc2cccc(NC3=NCC=C3)n2)CC1.OC1(Cc2cccc(NC3=NCC=C3)n2)CCNCC1. The first-order valence-corrected chi connectivity index (χ1v) is 17.3. The summed E-state index contributed by atoms with van der Waals surface area (Å²) < 4.78 is 14.2. The second-order valence-electron chi connectivity index (χ2n) is 13.0. The maximum absolute atomic E-state index is 14.2. The molecule has 4 aliphatic rings. The number of hydrogen-bond acceptors (Lipinski definition) is 10. The highest BCUT2D eigenvalue weighted by molar-refractivity contribution is 6.31. The van der Waals surface area contributed by atoms with Crippen molar-refractivity contribution in [2.75, 3.05) is 49.9 Å². The normalized spacial score (nSPS) is 18.9. The summed E-state index contributed by atoms with van der Waals surface area (Å²) in [5.41, 5.74) is 0.0341. The van der Waals surface area contributed by atoms with Gasteiger partial charge in [0, 0.05) is 37.3 Å². The van der Waals surface area contributed by atoms with Crippen LogP contribution in [0.1, 0.15) is 47.4 Å². The van der Waals surface area contributed by atoms with Gasteiger partial charge in [-0.3, -0.25) is 14.8 Å². The van der Waals surface area contributed by atoms with Crippen LogP contribution in [-0.4, -0.2) is 93.1 Å². The molecular formula is C37H42ClFN8O3. The Morgan fingerprint density at radius 1 is 0.800 bits per heavy atom. The van der Waals surface area contributed by atoms with E-state index in [0.29, 0.717) is 51.1 Å². The summed E-state index contributed by atoms with van der Waals surface area (Å²) in [5.74, 6) is 1.94. The molecule has 0 radical (unpaired) electrons. The van der Waals surface area contributed by atoms with Crippen molar-refractivity contribution in [3.8, 4) is 0 Å². The Labute approximate surface area is 296 Å². The number of carbonyl (C=O) groups is 1. The van der Waals surface area contributed by atoms with Gasteiger partial charge in [-0.1, -0.05) is 42.0 Å². The highest BCUT2D eigenvalue weighted by Gasteiger charge is 2.35. The van der Waals surface area contributed by atoms with E-state index in [9.17, 15) is 19.4 Å². The standard InChI is InChI=1S/C22H22ClFN4O2.C15H20N4O/c23-17-6-2-5-16(20(17)24)21(29)28-12-9-22(30,10-13-28)14-15-4-1-7-19(26-15)27-18-8-3-11-25-18;20-15(6-9-16-10-7-15)11-12-3-1-4-14(18-12)19-13-5-2-8-17-13/h1-8,30H,9-14H2,(H,25,26,27);1-5,16,20H,6-11H2,(H,17,18,19). The third-order valence-corrected chi connectivity index (χ3v) is 9.42. The Kier molecular flexibility index (Phi) is 11.3. The molecule has 0 bridgehead atoms. The molecule has 262 valence electrons. The van der Waals surface area contributed by atoms with E-state index in [2.05, 4.69) is 35.9 Å². The topological polar surface area (TPSA) is 147 Å². The molecule has 1 amide bonds. The van der Waals surface area contributed by atoms with Gasteiger partial charge in [0.05, 0.1) is 34.9 Å². The van der Waals surface area contributed by atoms with Gasteiger partial charge in [0.2, 0.25) is 0 Å². The monoisotopic (exact) mass is 700 g/mol. The number of nitrogens with zero attached hydrogens (tertiary/aromatic N) is 5. The molecule has 4 aliphatic heterocycles. The number of amidine groups is 2. The molecule has 50 heavy (non-hydrogen) atoms. The number of piperidine rings is 2. The number of aromatic nitrogens is 2. The van der Waals surface area contributed by atoms with Crippen molar-refractivity contribution >= 4 is 40.8 Å². The van der Waals surface area contributed by atoms with Crippen molar-refractivity contribution in [2.45, 2.75) is 49.7 Å². The number of halogens is 2. The molecule has 3 aromatic rings. The van der Waals surface area contributed by atoms with E-state index in [1.54, 1.807) is 11.0 Å². The number of aliphatic imine (C=N–C) groups is 2. The summed E-state index contributed by atoms with van der Waals surface area (Å²) >= 11 is 5.79. The number of hydrogen-bond donors (Lipinski definition) is 5. The quantitative estimate of drug-likeness (QED) is 0.241. The van der Waals surface area contributed by atoms with Crippen LogP contribution in [0.5, 0.6) is 0 Å². The molecule has 0 atom stereocenters. The summed E-state index contributed by atoms with van der Waals surface area (Å²) in [7, 11) is 0. The van der Waals surface area contributed by atoms with E-state index in [4.69, 9.17) is 11.6 Å². The Hall–Kier alpha value is -4.49. The minimum Gasteiger partial charge on any atom is -0.389 e. The van der Waals surface area contributed by atoms with Crippen LogP contribution in [0.15, 0.2) is 88.9 Å². The smallest absolute Gasteiger partial charge is 0.256 e. The lowest BCUT2D eigenvalue weighted by atomic mass is 9.86. The highest BCUT2D eigenvalue weighted by Crippen LogP contribution is 2.28. The maximum Gasteiger partial charge on any atom is 0.256 e. The minimum atomic E-state index is -0.972. The predicted octanol–water partition coefficient (Wildman–Crippen LogP) is 4.58. The van der Waals surface area contributed by atoms with Gasteiger partial charge in [-0.15, -0.1) is 0 Å². The van der Waals surface area contributed by atoms with Crippen LogP contribution in [0.4, 0.5) is 16.0 Å². The highest BCUT2D eigenvalue weighted by atomic mass is 35.5. The van der Waals surface area contributed by atoms with Gasteiger partial charge in [-0.25, -0.2) is 14.4 Å². The molecule has 13 heteroatoms. The van der Waals surface area contributed by atoms with E-state index in [-0.39, 0.29) is 10.6 Å². The largest absolute Gasteiger partial charge is 0.389 e. The fourth-order valence-corrected chi connectivity index (χ4v) is 6.52. The summed E-state index contributed by atoms with van der Waals surface area (Å²) in [6.07, 6.45) is 11.1. The van der Waals surface area contributed by atoms with E-state index >= 15 is 0 Å². The van der Waals surface area contributed by atoms with Gasteiger partial charge in [0.1, 0.15) is 23.3 Å². The van der Waals surface area contributed by atoms with Crippen LogP contribution >= 0.6 is 11.6 Å². The number of likely N-dealkylation sites (tertiary alicyclic amines) is 1. The Morgan fingerprint density at radius 2 is 1.32 bits per heavy atom. The fourth-order valence-electron chi connectivity index (χ4n) is 6.34. The van der Waals surface area contributed by atoms with Crippen molar-refractivity contribution in [1.82, 2.24) is 20.2 Å². The summed E-state index contributed by atoms with van der Waals surface area (Å²) in [6, 6.07) is 15.9. The fraction of sp³-hybridized carbons (Fsp3) is 0.378. The van der Waals surface area contributed by atoms with E-state index in [1.807, 2.05) is 60.7 Å². The Morgan fingerprint density at radius 3 is 1.84 bits per heavy atom. The van der Waals surface area contributed by atoms with Gasteiger partial charge in [-0.2, -0.15) is 0 Å². The van der Waals surface area contributed by atoms with Crippen molar-refractivity contribution < 1.29 is 19.4 Å². The lowest BCUT2D eigenvalue weighted by Gasteiger charge is -2.38. The second kappa shape index (κ2) is 16.0. The molecule has 0 aliphatic carbocycles. The summed E-state index contributed by atoms with van der Waals surface area (Å²) in [6.45, 7) is 3.80. The zero-order chi connectivity index (χ0) is 35.0. The Balaban J connectivity index is 0.000000187. The van der Waals surface area contributed by atoms with Crippen LogP contribution in [0.3, 0.4) is 0 Å². The molecule has 0 saturated carbocycles. The van der Waals surface area contributed by atoms with Crippen molar-refractivity contribution in [2.24, 2.45) is 9.98 Å². The number of anilines is 2. The molecular weight excluding hydrogens is 659 g/mol. The molecule has 2 saturated heterocycles. The van der Waals surface area contributed by atoms with Crippen LogP contribution in [0.25, 0.3) is 0 Å². The van der Waals surface area contributed by atoms with Crippen LogP contribution in [0, 0.1) is 5.82 Å². The molecule has 7 rings (SSSR count). The number of carbonyl (C=O) groups excluding carboxylic acids is 1. The van der Waals surface area contributed by atoms with Crippen LogP contribution < -0.4 is 16.0 Å². The molecule has 2 aromatic heterocycles. The van der Waals surface area contributed by atoms with Gasteiger partial charge in [-0.05, 0) is 87.3 Å². The van der Waals surface area contributed by atoms with Crippen molar-refractivity contribution in [3.63, 3.8) is 0 Å². The third-order valence-electron chi connectivity index (χ3n) is 9.13. The summed E-state index contributed by atoms with van der Waals surface area (Å²) in [4.78, 5) is 31.9. The number of aliphatic hydroxyl groups is 2. The molecule has 0 spiro atoms. The molecule has 1 aromatic carbocycles. The number of rotatable bonds is 7. The van der Waals surface area contributed by atoms with Crippen LogP contribution in [-0.2, 0) is 12.8 Å². The first-order chi connectivity index (χ1) is 24.2. The lowest BCUT2D eigenvalue weighted by molar-refractivity contribution is -0.0169. The lowest BCUT2D eigenvalue weighted by Crippen LogP contribution is -2.48. The number of nitrogens with one attached hydrogen (secondary N) is 3. The van der Waals surface area contributed by atoms with E-state index < -0.39 is 22.9 Å². The first kappa shape index (κ1) is 35.3. The van der Waals surface area contributed by atoms with Crippen molar-refractivity contribution in [3.05, 3.63) is 107 Å². The average molecular weight is 701 g/mol. The minimum absolute atomic E-state index is 0.0442. The maximum atomic E-state index is 14.2. The van der Waals surface area contributed by atoms with Gasteiger partial charge >= 0.3 is 0 Å². The van der Waals surface area contributed by atoms with Gasteiger partial charge < -0.3 is 31.1 Å². The van der Waals surface area contributed by atoms with Gasteiger partial charge in [0.15, 0.2) is 5.82 Å². The third kappa shape index (κ3) is 9.39. The predicted molar refractivity (Wildman–Crippen MR) is 195 cm³/mol. The second-order valence-corrected chi connectivity index (χ2v) is 13.4. The molecule has 11 nitrogen and oxygen atoms in total. The van der Waals surface area contributed by atoms with E-state index in [0.717, 1.165) is 61.4 Å². The number of amides is 1. The average Bonchev–Trinajstić information content (AvgIpc) is 3.82. The molecule has 6 heterocycles. The van der Waals surface area contributed by atoms with Crippen molar-refractivity contribution in [1.29, 1.82) is 0 Å².